The molecular formula is C24H32FIN4O2. The zero-order valence-electron chi connectivity index (χ0n) is 18.5. The van der Waals surface area contributed by atoms with Crippen LogP contribution in [0.3, 0.4) is 0 Å². The lowest BCUT2D eigenvalue weighted by molar-refractivity contribution is 0.122. The Hall–Kier alpha value is -2.07. The average molecular weight is 554 g/mol. The Morgan fingerprint density at radius 1 is 1.09 bits per heavy atom. The standard InChI is InChI=1S/C24H31FN4O2.HI/c1-26-24(29-11-9-21(10-12-29)31-20-5-3-2-4-6-20)27-18-19-7-8-23(22(25)17-19)28-13-15-30-16-14-28;/h2-8,17,21H,9-16,18H2,1H3,(H,26,27);1H. The molecule has 2 aromatic carbocycles. The molecule has 0 atom stereocenters. The maximum absolute atomic E-state index is 14.7. The molecule has 2 aromatic rings. The first-order valence-corrected chi connectivity index (χ1v) is 11.0. The number of rotatable bonds is 5. The molecule has 2 saturated heterocycles. The maximum Gasteiger partial charge on any atom is 0.193 e. The second-order valence-electron chi connectivity index (χ2n) is 7.90. The van der Waals surface area contributed by atoms with E-state index in [1.54, 1.807) is 13.1 Å². The summed E-state index contributed by atoms with van der Waals surface area (Å²) in [5, 5.41) is 3.38. The number of hydrogen-bond acceptors (Lipinski definition) is 4. The molecule has 2 heterocycles. The van der Waals surface area contributed by atoms with Gasteiger partial charge >= 0.3 is 0 Å². The second-order valence-corrected chi connectivity index (χ2v) is 7.90. The van der Waals surface area contributed by atoms with E-state index < -0.39 is 0 Å². The highest BCUT2D eigenvalue weighted by atomic mass is 127. The van der Waals surface area contributed by atoms with E-state index in [2.05, 4.69) is 15.2 Å². The van der Waals surface area contributed by atoms with Gasteiger partial charge in [-0.3, -0.25) is 4.99 Å². The predicted octanol–water partition coefficient (Wildman–Crippen LogP) is 3.90. The Balaban J connectivity index is 0.00000289. The van der Waals surface area contributed by atoms with Crippen LogP contribution < -0.4 is 15.0 Å². The molecule has 32 heavy (non-hydrogen) atoms. The number of morpholine rings is 1. The Kier molecular flexibility index (Phi) is 9.40. The Bertz CT molecular complexity index is 870. The summed E-state index contributed by atoms with van der Waals surface area (Å²) in [4.78, 5) is 8.70. The normalized spacial score (nSPS) is 17.6. The van der Waals surface area contributed by atoms with Gasteiger partial charge in [0.2, 0.25) is 0 Å². The first-order chi connectivity index (χ1) is 15.2. The van der Waals surface area contributed by atoms with Crippen molar-refractivity contribution in [3.05, 3.63) is 59.9 Å². The number of nitrogens with zero attached hydrogens (tertiary/aromatic N) is 3. The molecule has 174 valence electrons. The van der Waals surface area contributed by atoms with Crippen LogP contribution in [0, 0.1) is 5.82 Å². The van der Waals surface area contributed by atoms with E-state index in [4.69, 9.17) is 9.47 Å². The van der Waals surface area contributed by atoms with Gasteiger partial charge in [-0.05, 0) is 29.8 Å². The van der Waals surface area contributed by atoms with Gasteiger partial charge in [-0.25, -0.2) is 4.39 Å². The largest absolute Gasteiger partial charge is 0.490 e. The van der Waals surface area contributed by atoms with E-state index in [9.17, 15) is 4.39 Å². The number of halogens is 2. The van der Waals surface area contributed by atoms with Crippen LogP contribution >= 0.6 is 24.0 Å². The maximum atomic E-state index is 14.7. The van der Waals surface area contributed by atoms with E-state index in [1.165, 1.54) is 0 Å². The summed E-state index contributed by atoms with van der Waals surface area (Å²) in [5.74, 6) is 1.58. The smallest absolute Gasteiger partial charge is 0.193 e. The number of likely N-dealkylation sites (tertiary alicyclic amines) is 1. The van der Waals surface area contributed by atoms with Gasteiger partial charge in [-0.15, -0.1) is 24.0 Å². The molecule has 2 aliphatic heterocycles. The molecule has 0 aliphatic carbocycles. The minimum Gasteiger partial charge on any atom is -0.490 e. The summed E-state index contributed by atoms with van der Waals surface area (Å²) >= 11 is 0. The van der Waals surface area contributed by atoms with E-state index in [-0.39, 0.29) is 35.9 Å². The van der Waals surface area contributed by atoms with Crippen LogP contribution in [0.1, 0.15) is 18.4 Å². The van der Waals surface area contributed by atoms with Crippen molar-refractivity contribution in [3.63, 3.8) is 0 Å². The second kappa shape index (κ2) is 12.2. The minimum atomic E-state index is -0.185. The highest BCUT2D eigenvalue weighted by Gasteiger charge is 2.23. The summed E-state index contributed by atoms with van der Waals surface area (Å²) in [7, 11) is 1.79. The monoisotopic (exact) mass is 554 g/mol. The van der Waals surface area contributed by atoms with E-state index in [1.807, 2.05) is 47.4 Å². The Labute approximate surface area is 206 Å². The van der Waals surface area contributed by atoms with Gasteiger partial charge in [0, 0.05) is 52.6 Å². The molecule has 2 aliphatic rings. The molecule has 6 nitrogen and oxygen atoms in total. The fourth-order valence-electron chi connectivity index (χ4n) is 4.11. The third-order valence-corrected chi connectivity index (χ3v) is 5.81. The number of piperidine rings is 1. The first kappa shape index (κ1) is 24.6. The van der Waals surface area contributed by atoms with Crippen molar-refractivity contribution in [2.45, 2.75) is 25.5 Å². The third-order valence-electron chi connectivity index (χ3n) is 5.81. The SMILES string of the molecule is CN=C(NCc1ccc(N2CCOCC2)c(F)c1)N1CCC(Oc2ccccc2)CC1.I. The molecule has 0 radical (unpaired) electrons. The molecule has 2 fully saturated rings. The van der Waals surface area contributed by atoms with Crippen molar-refractivity contribution >= 4 is 35.6 Å². The van der Waals surface area contributed by atoms with Gasteiger partial charge in [0.05, 0.1) is 18.9 Å². The lowest BCUT2D eigenvalue weighted by atomic mass is 10.1. The molecule has 1 N–H and O–H groups in total. The van der Waals surface area contributed by atoms with Gasteiger partial charge in [0.15, 0.2) is 5.96 Å². The Morgan fingerprint density at radius 3 is 2.47 bits per heavy atom. The molecule has 4 rings (SSSR count). The lowest BCUT2D eigenvalue weighted by Crippen LogP contribution is -2.47. The number of ether oxygens (including phenoxy) is 2. The van der Waals surface area contributed by atoms with Crippen molar-refractivity contribution in [1.82, 2.24) is 10.2 Å². The number of para-hydroxylation sites is 1. The van der Waals surface area contributed by atoms with Gasteiger partial charge in [0.25, 0.3) is 0 Å². The summed E-state index contributed by atoms with van der Waals surface area (Å²) in [6.45, 7) is 5.03. The van der Waals surface area contributed by atoms with Crippen molar-refractivity contribution in [1.29, 1.82) is 0 Å². The van der Waals surface area contributed by atoms with Gasteiger partial charge in [-0.2, -0.15) is 0 Å². The van der Waals surface area contributed by atoms with E-state index in [0.29, 0.717) is 25.4 Å². The number of anilines is 1. The molecule has 0 amide bonds. The van der Waals surface area contributed by atoms with Crippen LogP contribution in [0.15, 0.2) is 53.5 Å². The van der Waals surface area contributed by atoms with Crippen LogP contribution in [-0.2, 0) is 11.3 Å². The molecule has 0 bridgehead atoms. The molecule has 0 spiro atoms. The first-order valence-electron chi connectivity index (χ1n) is 11.0. The molecule has 8 heteroatoms. The van der Waals surface area contributed by atoms with Crippen molar-refractivity contribution in [2.24, 2.45) is 4.99 Å². The van der Waals surface area contributed by atoms with Crippen molar-refractivity contribution in [2.75, 3.05) is 51.3 Å². The van der Waals surface area contributed by atoms with Gasteiger partial charge < -0.3 is 24.6 Å². The van der Waals surface area contributed by atoms with Gasteiger partial charge in [0.1, 0.15) is 17.7 Å². The molecular weight excluding hydrogens is 522 g/mol. The third kappa shape index (κ3) is 6.48. The van der Waals surface area contributed by atoms with Crippen molar-refractivity contribution < 1.29 is 13.9 Å². The highest BCUT2D eigenvalue weighted by Crippen LogP contribution is 2.22. The van der Waals surface area contributed by atoms with Crippen molar-refractivity contribution in [3.8, 4) is 5.75 Å². The van der Waals surface area contributed by atoms with Crippen LogP contribution in [0.2, 0.25) is 0 Å². The zero-order chi connectivity index (χ0) is 21.5. The van der Waals surface area contributed by atoms with Crippen LogP contribution in [0.25, 0.3) is 0 Å². The molecule has 0 unspecified atom stereocenters. The highest BCUT2D eigenvalue weighted by molar-refractivity contribution is 14.0. The lowest BCUT2D eigenvalue weighted by Gasteiger charge is -2.34. The summed E-state index contributed by atoms with van der Waals surface area (Å²) in [5.41, 5.74) is 1.55. The van der Waals surface area contributed by atoms with E-state index in [0.717, 1.165) is 56.3 Å². The number of hydrogen-bond donors (Lipinski definition) is 1. The zero-order valence-corrected chi connectivity index (χ0v) is 20.8. The van der Waals surface area contributed by atoms with E-state index >= 15 is 0 Å². The fourth-order valence-corrected chi connectivity index (χ4v) is 4.11. The van der Waals surface area contributed by atoms with Crippen LogP contribution in [-0.4, -0.2) is 63.4 Å². The van der Waals surface area contributed by atoms with Crippen LogP contribution in [0.5, 0.6) is 5.75 Å². The van der Waals surface area contributed by atoms with Gasteiger partial charge in [-0.1, -0.05) is 24.3 Å². The minimum absolute atomic E-state index is 0. The summed E-state index contributed by atoms with van der Waals surface area (Å²) in [6.07, 6.45) is 2.11. The predicted molar refractivity (Wildman–Crippen MR) is 137 cm³/mol. The Morgan fingerprint density at radius 2 is 1.81 bits per heavy atom. The number of benzene rings is 2. The van der Waals surface area contributed by atoms with Crippen LogP contribution in [0.4, 0.5) is 10.1 Å². The fraction of sp³-hybridized carbons (Fsp3) is 0.458. The molecule has 0 saturated carbocycles. The quantitative estimate of drug-likeness (QED) is 0.346. The number of aliphatic imine (C=N–C) groups is 1. The average Bonchev–Trinajstić information content (AvgIpc) is 2.82. The topological polar surface area (TPSA) is 49.3 Å². The number of nitrogens with one attached hydrogen (secondary N) is 1. The summed E-state index contributed by atoms with van der Waals surface area (Å²) < 4.78 is 26.1. The molecule has 0 aromatic heterocycles. The summed E-state index contributed by atoms with van der Waals surface area (Å²) in [6, 6.07) is 15.4. The number of guanidine groups is 1.